The highest BCUT2D eigenvalue weighted by atomic mass is 16.3. The monoisotopic (exact) mass is 536 g/mol. The highest BCUT2D eigenvalue weighted by molar-refractivity contribution is 5.97. The first-order chi connectivity index (χ1) is 19.5. The average molecular weight is 537 g/mol. The number of likely N-dealkylation sites (N-methyl/N-ethyl adjacent to an activating group) is 1. The van der Waals surface area contributed by atoms with Gasteiger partial charge in [0.15, 0.2) is 17.2 Å². The lowest BCUT2D eigenvalue weighted by atomic mass is 10.1. The number of nitrogens with zero attached hydrogens (tertiary/aromatic N) is 7. The molecule has 2 aliphatic rings. The van der Waals surface area contributed by atoms with Crippen LogP contribution in [0.4, 0.5) is 11.6 Å². The lowest BCUT2D eigenvalue weighted by molar-refractivity contribution is 0.0946. The predicted molar refractivity (Wildman–Crippen MR) is 148 cm³/mol. The number of anilines is 2. The highest BCUT2D eigenvalue weighted by Gasteiger charge is 2.53. The molecule has 1 unspecified atom stereocenters. The summed E-state index contributed by atoms with van der Waals surface area (Å²) in [6.45, 7) is 3.12. The van der Waals surface area contributed by atoms with Crippen LogP contribution in [0.2, 0.25) is 0 Å². The van der Waals surface area contributed by atoms with Gasteiger partial charge in [-0.3, -0.25) is 4.79 Å². The number of fused-ring (bicyclic) bond motifs is 2. The Morgan fingerprint density at radius 3 is 2.85 bits per heavy atom. The second kappa shape index (κ2) is 9.42. The number of imidazole rings is 1. The zero-order chi connectivity index (χ0) is 27.4. The molecule has 0 bridgehead atoms. The molecular formula is C28H28N10O2. The van der Waals surface area contributed by atoms with Gasteiger partial charge in [-0.25, -0.2) is 24.9 Å². The van der Waals surface area contributed by atoms with Crippen LogP contribution in [0.25, 0.3) is 28.5 Å². The molecule has 1 saturated carbocycles. The fourth-order valence-electron chi connectivity index (χ4n) is 5.57. The number of pyridine rings is 2. The van der Waals surface area contributed by atoms with E-state index in [0.29, 0.717) is 35.0 Å². The number of nitrogens with two attached hydrogens (primary N) is 1. The molecule has 6 heterocycles. The van der Waals surface area contributed by atoms with E-state index in [1.165, 1.54) is 18.9 Å². The number of carbonyl (C=O) groups is 1. The molecule has 0 spiro atoms. The number of carbonyl (C=O) groups excluding carboxylic acids is 1. The minimum Gasteiger partial charge on any atom is -0.443 e. The quantitative estimate of drug-likeness (QED) is 0.283. The molecule has 202 valence electrons. The Morgan fingerprint density at radius 2 is 2.05 bits per heavy atom. The van der Waals surface area contributed by atoms with Crippen LogP contribution in [0.15, 0.2) is 59.6 Å². The first-order valence-corrected chi connectivity index (χ1v) is 13.2. The summed E-state index contributed by atoms with van der Waals surface area (Å²) >= 11 is 0. The number of rotatable bonds is 7. The molecule has 0 radical (unpaired) electrons. The molecule has 12 nitrogen and oxygen atoms in total. The van der Waals surface area contributed by atoms with Gasteiger partial charge in [-0.15, -0.1) is 0 Å². The third kappa shape index (κ3) is 4.13. The number of nitrogens with one attached hydrogen (secondary N) is 2. The van der Waals surface area contributed by atoms with E-state index in [9.17, 15) is 4.79 Å². The van der Waals surface area contributed by atoms with Gasteiger partial charge in [-0.05, 0) is 50.6 Å². The molecule has 4 N–H and O–H groups in total. The zero-order valence-electron chi connectivity index (χ0n) is 22.1. The fraction of sp³-hybridized carbons (Fsp3) is 0.286. The van der Waals surface area contributed by atoms with Gasteiger partial charge in [-0.2, -0.15) is 0 Å². The normalized spacial score (nSPS) is 19.6. The molecule has 1 aliphatic heterocycles. The van der Waals surface area contributed by atoms with E-state index in [-0.39, 0.29) is 23.9 Å². The largest absolute Gasteiger partial charge is 0.443 e. The van der Waals surface area contributed by atoms with Crippen molar-refractivity contribution in [1.29, 1.82) is 0 Å². The average Bonchev–Trinajstić information content (AvgIpc) is 3.29. The van der Waals surface area contributed by atoms with Gasteiger partial charge in [-0.1, -0.05) is 6.07 Å². The van der Waals surface area contributed by atoms with Crippen molar-refractivity contribution in [3.8, 4) is 22.8 Å². The van der Waals surface area contributed by atoms with Gasteiger partial charge >= 0.3 is 0 Å². The van der Waals surface area contributed by atoms with E-state index >= 15 is 0 Å². The molecule has 40 heavy (non-hydrogen) atoms. The molecule has 0 aromatic carbocycles. The molecule has 5 aromatic rings. The SMILES string of the molecule is CN[C@H]1CN(c2cccc(CNC(=O)c3nc(-c4ccc5ncc(C)n5c4)c(-c4ncco4)nc3N)n2)[C@@H]2CC12. The maximum absolute atomic E-state index is 13.3. The van der Waals surface area contributed by atoms with Crippen LogP contribution < -0.4 is 21.3 Å². The molecule has 5 aromatic heterocycles. The number of nitrogen functional groups attached to an aromatic ring is 1. The van der Waals surface area contributed by atoms with Gasteiger partial charge in [0, 0.05) is 42.3 Å². The first kappa shape index (κ1) is 24.2. The number of oxazole rings is 1. The van der Waals surface area contributed by atoms with Crippen molar-refractivity contribution >= 4 is 23.2 Å². The first-order valence-electron chi connectivity index (χ1n) is 13.2. The second-order valence-corrected chi connectivity index (χ2v) is 10.2. The molecule has 7 rings (SSSR count). The van der Waals surface area contributed by atoms with Gasteiger partial charge < -0.3 is 30.1 Å². The van der Waals surface area contributed by atoms with Crippen molar-refractivity contribution in [3.05, 3.63) is 72.3 Å². The van der Waals surface area contributed by atoms with Crippen molar-refractivity contribution in [1.82, 2.24) is 40.0 Å². The lowest BCUT2D eigenvalue weighted by Gasteiger charge is -2.22. The summed E-state index contributed by atoms with van der Waals surface area (Å²) in [5, 5.41) is 6.32. The van der Waals surface area contributed by atoms with Crippen LogP contribution in [-0.4, -0.2) is 60.9 Å². The predicted octanol–water partition coefficient (Wildman–Crippen LogP) is 2.46. The maximum atomic E-state index is 13.3. The summed E-state index contributed by atoms with van der Waals surface area (Å²) in [7, 11) is 2.01. The van der Waals surface area contributed by atoms with Crippen LogP contribution in [0.3, 0.4) is 0 Å². The highest BCUT2D eigenvalue weighted by Crippen LogP contribution is 2.46. The molecule has 1 aliphatic carbocycles. The third-order valence-corrected chi connectivity index (χ3v) is 7.74. The Labute approximate surface area is 229 Å². The Balaban J connectivity index is 1.17. The summed E-state index contributed by atoms with van der Waals surface area (Å²) < 4.78 is 7.45. The topological polar surface area (TPSA) is 152 Å². The zero-order valence-corrected chi connectivity index (χ0v) is 22.1. The van der Waals surface area contributed by atoms with Crippen LogP contribution in [-0.2, 0) is 6.54 Å². The van der Waals surface area contributed by atoms with Crippen molar-refractivity contribution in [3.63, 3.8) is 0 Å². The summed E-state index contributed by atoms with van der Waals surface area (Å²) in [4.78, 5) is 38.3. The van der Waals surface area contributed by atoms with E-state index in [2.05, 4.69) is 35.5 Å². The van der Waals surface area contributed by atoms with E-state index in [1.54, 1.807) is 6.20 Å². The van der Waals surface area contributed by atoms with E-state index in [1.807, 2.05) is 54.9 Å². The third-order valence-electron chi connectivity index (χ3n) is 7.74. The molecule has 3 atom stereocenters. The summed E-state index contributed by atoms with van der Waals surface area (Å²) in [6, 6.07) is 10.7. The van der Waals surface area contributed by atoms with E-state index in [0.717, 1.165) is 29.4 Å². The van der Waals surface area contributed by atoms with Crippen LogP contribution in [0, 0.1) is 12.8 Å². The maximum Gasteiger partial charge on any atom is 0.274 e. The fourth-order valence-corrected chi connectivity index (χ4v) is 5.57. The van der Waals surface area contributed by atoms with Crippen molar-refractivity contribution in [2.45, 2.75) is 32.0 Å². The number of hydrogen-bond donors (Lipinski definition) is 3. The molecule has 2 fully saturated rings. The van der Waals surface area contributed by atoms with Gasteiger partial charge in [0.2, 0.25) is 5.89 Å². The number of aryl methyl sites for hydroxylation is 1. The molecular weight excluding hydrogens is 508 g/mol. The Hall–Kier alpha value is -4.84. The lowest BCUT2D eigenvalue weighted by Crippen LogP contribution is -2.34. The van der Waals surface area contributed by atoms with Gasteiger partial charge in [0.25, 0.3) is 5.91 Å². The minimum absolute atomic E-state index is 0.0149. The molecule has 1 saturated heterocycles. The van der Waals surface area contributed by atoms with Gasteiger partial charge in [0.05, 0.1) is 18.4 Å². The Morgan fingerprint density at radius 1 is 1.15 bits per heavy atom. The Bertz CT molecular complexity index is 1730. The number of aromatic nitrogens is 6. The summed E-state index contributed by atoms with van der Waals surface area (Å²) in [6.07, 6.45) is 7.84. The standard InChI is InChI=1S/C28H28N10O2/c1-15-11-32-21-7-6-16(13-37(15)21)23-24(28-31-8-9-40-28)36-26(29)25(35-23)27(39)33-12-17-4-3-5-22(34-17)38-14-19(30-2)18-10-20(18)38/h3-9,11,13,18-20,30H,10,12,14H2,1-2H3,(H2,29,36)(H,33,39)/t18?,19-,20+/m0/s1. The smallest absolute Gasteiger partial charge is 0.274 e. The molecule has 1 amide bonds. The van der Waals surface area contributed by atoms with Crippen LogP contribution in [0.1, 0.15) is 28.3 Å². The van der Waals surface area contributed by atoms with E-state index in [4.69, 9.17) is 15.1 Å². The molecule has 12 heteroatoms. The van der Waals surface area contributed by atoms with Gasteiger partial charge in [0.1, 0.15) is 23.4 Å². The summed E-state index contributed by atoms with van der Waals surface area (Å²) in [5.41, 5.74) is 10.2. The van der Waals surface area contributed by atoms with E-state index < -0.39 is 5.91 Å². The number of amides is 1. The summed E-state index contributed by atoms with van der Waals surface area (Å²) in [5.74, 6) is 1.40. The number of hydrogen-bond acceptors (Lipinski definition) is 10. The Kier molecular flexibility index (Phi) is 5.70. The van der Waals surface area contributed by atoms with Crippen molar-refractivity contribution in [2.75, 3.05) is 24.2 Å². The van der Waals surface area contributed by atoms with Crippen LogP contribution >= 0.6 is 0 Å². The van der Waals surface area contributed by atoms with Crippen molar-refractivity contribution < 1.29 is 9.21 Å². The van der Waals surface area contributed by atoms with Crippen molar-refractivity contribution in [2.24, 2.45) is 5.92 Å². The minimum atomic E-state index is -0.448. The van der Waals surface area contributed by atoms with Crippen LogP contribution in [0.5, 0.6) is 0 Å². The number of piperidine rings is 1. The second-order valence-electron chi connectivity index (χ2n) is 10.2.